The maximum Gasteiger partial charge on any atom is 0.215 e. The van der Waals surface area contributed by atoms with Crippen molar-refractivity contribution >= 4 is 17.2 Å². The highest BCUT2D eigenvalue weighted by molar-refractivity contribution is 7.07. The van der Waals surface area contributed by atoms with Crippen LogP contribution in [0.15, 0.2) is 35.0 Å². The van der Waals surface area contributed by atoms with E-state index >= 15 is 0 Å². The van der Waals surface area contributed by atoms with Crippen LogP contribution in [-0.4, -0.2) is 11.6 Å². The van der Waals surface area contributed by atoms with Gasteiger partial charge < -0.3 is 10.1 Å². The number of ether oxygens (including phenoxy) is 1. The van der Waals surface area contributed by atoms with Gasteiger partial charge in [-0.05, 0) is 35.4 Å². The Kier molecular flexibility index (Phi) is 3.77. The third kappa shape index (κ3) is 2.97. The molecule has 4 heteroatoms. The van der Waals surface area contributed by atoms with Crippen molar-refractivity contribution in [3.8, 4) is 5.88 Å². The van der Waals surface area contributed by atoms with Gasteiger partial charge in [-0.25, -0.2) is 0 Å². The van der Waals surface area contributed by atoms with E-state index in [1.807, 2.05) is 25.1 Å². The van der Waals surface area contributed by atoms with Crippen LogP contribution in [0.25, 0.3) is 0 Å². The van der Waals surface area contributed by atoms with Crippen LogP contribution in [0.5, 0.6) is 5.88 Å². The number of pyridine rings is 1. The maximum absolute atomic E-state index is 5.33. The summed E-state index contributed by atoms with van der Waals surface area (Å²) in [5, 5.41) is 7.46. The molecular formula is C12H14N2OS. The van der Waals surface area contributed by atoms with E-state index in [1.54, 1.807) is 11.3 Å². The fourth-order valence-corrected chi connectivity index (χ4v) is 2.00. The van der Waals surface area contributed by atoms with Gasteiger partial charge in [0.1, 0.15) is 5.82 Å². The van der Waals surface area contributed by atoms with Crippen molar-refractivity contribution in [1.29, 1.82) is 0 Å². The maximum atomic E-state index is 5.33. The van der Waals surface area contributed by atoms with Crippen molar-refractivity contribution in [2.75, 3.05) is 11.9 Å². The molecule has 0 bridgehead atoms. The lowest BCUT2D eigenvalue weighted by molar-refractivity contribution is 0.327. The first-order valence-electron chi connectivity index (χ1n) is 5.23. The fourth-order valence-electron chi connectivity index (χ4n) is 1.33. The summed E-state index contributed by atoms with van der Waals surface area (Å²) in [4.78, 5) is 4.33. The summed E-state index contributed by atoms with van der Waals surface area (Å²) >= 11 is 1.70. The molecule has 0 radical (unpaired) electrons. The molecule has 3 nitrogen and oxygen atoms in total. The first kappa shape index (κ1) is 11.0. The van der Waals surface area contributed by atoms with E-state index in [-0.39, 0.29) is 0 Å². The Hall–Kier alpha value is -1.55. The number of anilines is 1. The van der Waals surface area contributed by atoms with Gasteiger partial charge in [-0.2, -0.15) is 16.3 Å². The molecule has 0 unspecified atom stereocenters. The molecule has 0 saturated carbocycles. The molecule has 0 amide bonds. The zero-order valence-corrected chi connectivity index (χ0v) is 9.96. The summed E-state index contributed by atoms with van der Waals surface area (Å²) in [6, 6.07) is 7.84. The Labute approximate surface area is 99.1 Å². The predicted molar refractivity (Wildman–Crippen MR) is 67.1 cm³/mol. The van der Waals surface area contributed by atoms with Gasteiger partial charge in [0.15, 0.2) is 0 Å². The topological polar surface area (TPSA) is 34.1 Å². The van der Waals surface area contributed by atoms with Crippen LogP contribution in [0.2, 0.25) is 0 Å². The molecule has 84 valence electrons. The van der Waals surface area contributed by atoms with E-state index in [9.17, 15) is 0 Å². The Balaban J connectivity index is 1.96. The minimum atomic E-state index is 0.640. The molecule has 2 heterocycles. The van der Waals surface area contributed by atoms with Crippen LogP contribution < -0.4 is 10.1 Å². The van der Waals surface area contributed by atoms with E-state index in [0.29, 0.717) is 12.5 Å². The highest BCUT2D eigenvalue weighted by Gasteiger charge is 1.98. The number of nitrogens with zero attached hydrogens (tertiary/aromatic N) is 1. The largest absolute Gasteiger partial charge is 0.478 e. The third-order valence-corrected chi connectivity index (χ3v) is 2.80. The molecule has 0 aliphatic rings. The Bertz CT molecular complexity index is 428. The molecule has 16 heavy (non-hydrogen) atoms. The first-order chi connectivity index (χ1) is 7.88. The molecule has 0 spiro atoms. The second kappa shape index (κ2) is 5.51. The molecule has 0 fully saturated rings. The molecule has 1 N–H and O–H groups in total. The van der Waals surface area contributed by atoms with E-state index in [0.717, 1.165) is 12.4 Å². The molecule has 0 aliphatic carbocycles. The lowest BCUT2D eigenvalue weighted by Gasteiger charge is -2.06. The number of nitrogens with one attached hydrogen (secondary N) is 1. The number of hydrogen-bond donors (Lipinski definition) is 1. The van der Waals surface area contributed by atoms with E-state index in [4.69, 9.17) is 4.74 Å². The fraction of sp³-hybridized carbons (Fsp3) is 0.250. The first-order valence-corrected chi connectivity index (χ1v) is 6.17. The number of rotatable bonds is 5. The summed E-state index contributed by atoms with van der Waals surface area (Å²) in [5.41, 5.74) is 1.27. The summed E-state index contributed by atoms with van der Waals surface area (Å²) in [6.07, 6.45) is 0. The minimum absolute atomic E-state index is 0.640. The van der Waals surface area contributed by atoms with E-state index in [2.05, 4.69) is 27.1 Å². The standard InChI is InChI=1S/C12H14N2OS/c1-2-15-12-5-3-4-11(14-12)13-8-10-6-7-16-9-10/h3-7,9H,2,8H2,1H3,(H,13,14). The van der Waals surface area contributed by atoms with Crippen molar-refractivity contribution in [2.45, 2.75) is 13.5 Å². The van der Waals surface area contributed by atoms with Gasteiger partial charge in [-0.15, -0.1) is 0 Å². The van der Waals surface area contributed by atoms with E-state index < -0.39 is 0 Å². The van der Waals surface area contributed by atoms with Gasteiger partial charge in [-0.1, -0.05) is 6.07 Å². The van der Waals surface area contributed by atoms with Gasteiger partial charge in [-0.3, -0.25) is 0 Å². The van der Waals surface area contributed by atoms with Crippen molar-refractivity contribution in [1.82, 2.24) is 4.98 Å². The minimum Gasteiger partial charge on any atom is -0.478 e. The summed E-state index contributed by atoms with van der Waals surface area (Å²) in [5.74, 6) is 1.51. The molecule has 0 aliphatic heterocycles. The van der Waals surface area contributed by atoms with Gasteiger partial charge >= 0.3 is 0 Å². The van der Waals surface area contributed by atoms with Gasteiger partial charge in [0.25, 0.3) is 0 Å². The molecule has 0 atom stereocenters. The summed E-state index contributed by atoms with van der Waals surface area (Å²) in [7, 11) is 0. The Morgan fingerprint density at radius 2 is 2.31 bits per heavy atom. The number of thiophene rings is 1. The van der Waals surface area contributed by atoms with Crippen molar-refractivity contribution in [2.24, 2.45) is 0 Å². The highest BCUT2D eigenvalue weighted by Crippen LogP contribution is 2.13. The lowest BCUT2D eigenvalue weighted by atomic mass is 10.3. The third-order valence-electron chi connectivity index (χ3n) is 2.07. The van der Waals surface area contributed by atoms with Gasteiger partial charge in [0.2, 0.25) is 5.88 Å². The van der Waals surface area contributed by atoms with Crippen molar-refractivity contribution in [3.05, 3.63) is 40.6 Å². The van der Waals surface area contributed by atoms with Gasteiger partial charge in [0, 0.05) is 12.6 Å². The monoisotopic (exact) mass is 234 g/mol. The molecular weight excluding hydrogens is 220 g/mol. The van der Waals surface area contributed by atoms with Crippen LogP contribution in [0.3, 0.4) is 0 Å². The average Bonchev–Trinajstić information content (AvgIpc) is 2.80. The lowest BCUT2D eigenvalue weighted by Crippen LogP contribution is -2.01. The van der Waals surface area contributed by atoms with E-state index in [1.165, 1.54) is 5.56 Å². The van der Waals surface area contributed by atoms with Gasteiger partial charge in [0.05, 0.1) is 6.61 Å². The normalized spacial score (nSPS) is 10.1. The van der Waals surface area contributed by atoms with Crippen molar-refractivity contribution in [3.63, 3.8) is 0 Å². The zero-order chi connectivity index (χ0) is 11.2. The van der Waals surface area contributed by atoms with Crippen molar-refractivity contribution < 1.29 is 4.74 Å². The van der Waals surface area contributed by atoms with Crippen LogP contribution in [0, 0.1) is 0 Å². The zero-order valence-electron chi connectivity index (χ0n) is 9.14. The van der Waals surface area contributed by atoms with Crippen LogP contribution in [0.4, 0.5) is 5.82 Å². The quantitative estimate of drug-likeness (QED) is 0.863. The molecule has 2 aromatic heterocycles. The second-order valence-corrected chi connectivity index (χ2v) is 4.06. The average molecular weight is 234 g/mol. The molecule has 0 aromatic carbocycles. The highest BCUT2D eigenvalue weighted by atomic mass is 32.1. The number of hydrogen-bond acceptors (Lipinski definition) is 4. The molecule has 2 aromatic rings. The Morgan fingerprint density at radius 3 is 3.06 bits per heavy atom. The SMILES string of the molecule is CCOc1cccc(NCc2ccsc2)n1. The Morgan fingerprint density at radius 1 is 1.38 bits per heavy atom. The predicted octanol–water partition coefficient (Wildman–Crippen LogP) is 3.15. The van der Waals surface area contributed by atoms with Crippen LogP contribution >= 0.6 is 11.3 Å². The summed E-state index contributed by atoms with van der Waals surface area (Å²) in [6.45, 7) is 3.39. The smallest absolute Gasteiger partial charge is 0.215 e. The second-order valence-electron chi connectivity index (χ2n) is 3.28. The molecule has 0 saturated heterocycles. The van der Waals surface area contributed by atoms with Crippen LogP contribution in [-0.2, 0) is 6.54 Å². The van der Waals surface area contributed by atoms with Crippen LogP contribution in [0.1, 0.15) is 12.5 Å². The number of aromatic nitrogens is 1. The summed E-state index contributed by atoms with van der Waals surface area (Å²) < 4.78 is 5.33. The molecule has 2 rings (SSSR count).